The molecule has 0 radical (unpaired) electrons. The summed E-state index contributed by atoms with van der Waals surface area (Å²) in [4.78, 5) is 0.130. The molecule has 0 fully saturated rings. The zero-order valence-electron chi connectivity index (χ0n) is 12.0. The highest BCUT2D eigenvalue weighted by Crippen LogP contribution is 2.17. The van der Waals surface area contributed by atoms with Crippen molar-refractivity contribution in [1.82, 2.24) is 9.88 Å². The average molecular weight is 305 g/mol. The molecule has 2 aromatic rings. The number of hydrogen-bond donors (Lipinski definition) is 1. The minimum atomic E-state index is -3.65. The predicted octanol–water partition coefficient (Wildman–Crippen LogP) is 1.95. The highest BCUT2D eigenvalue weighted by atomic mass is 32.2. The van der Waals surface area contributed by atoms with Crippen molar-refractivity contribution in [3.05, 3.63) is 46.3 Å². The van der Waals surface area contributed by atoms with E-state index in [1.54, 1.807) is 20.8 Å². The van der Waals surface area contributed by atoms with Crippen molar-refractivity contribution in [1.29, 1.82) is 5.26 Å². The molecule has 0 amide bonds. The van der Waals surface area contributed by atoms with Gasteiger partial charge in [-0.3, -0.25) is 0 Å². The number of aryl methyl sites for hydroxylation is 3. The van der Waals surface area contributed by atoms with Crippen LogP contribution in [0, 0.1) is 32.1 Å². The van der Waals surface area contributed by atoms with Crippen LogP contribution in [-0.2, 0) is 16.6 Å². The lowest BCUT2D eigenvalue weighted by atomic mass is 10.1. The Kier molecular flexibility index (Phi) is 4.11. The van der Waals surface area contributed by atoms with Crippen molar-refractivity contribution in [2.24, 2.45) is 0 Å². The summed E-state index contributed by atoms with van der Waals surface area (Å²) in [5.41, 5.74) is 2.47. The Balaban J connectivity index is 2.23. The Bertz CT molecular complexity index is 797. The van der Waals surface area contributed by atoms with Gasteiger partial charge in [0.25, 0.3) is 0 Å². The highest BCUT2D eigenvalue weighted by Gasteiger charge is 2.17. The molecule has 1 aromatic carbocycles. The van der Waals surface area contributed by atoms with Crippen LogP contribution in [0.3, 0.4) is 0 Å². The first-order valence-electron chi connectivity index (χ1n) is 6.27. The van der Waals surface area contributed by atoms with Crippen molar-refractivity contribution in [2.45, 2.75) is 32.2 Å². The molecule has 0 saturated heterocycles. The average Bonchev–Trinajstić information content (AvgIpc) is 2.76. The van der Waals surface area contributed by atoms with E-state index in [2.05, 4.69) is 9.88 Å². The van der Waals surface area contributed by atoms with Crippen LogP contribution in [-0.4, -0.2) is 13.6 Å². The lowest BCUT2D eigenvalue weighted by molar-refractivity contribution is 0.392. The molecular weight excluding hydrogens is 290 g/mol. The predicted molar refractivity (Wildman–Crippen MR) is 75.9 cm³/mol. The summed E-state index contributed by atoms with van der Waals surface area (Å²) in [5, 5.41) is 12.6. The Labute approximate surface area is 123 Å². The Morgan fingerprint density at radius 3 is 2.57 bits per heavy atom. The van der Waals surface area contributed by atoms with Gasteiger partial charge >= 0.3 is 0 Å². The first-order chi connectivity index (χ1) is 9.85. The van der Waals surface area contributed by atoms with Gasteiger partial charge in [-0.25, -0.2) is 13.1 Å². The Morgan fingerprint density at radius 1 is 1.33 bits per heavy atom. The molecule has 0 spiro atoms. The van der Waals surface area contributed by atoms with E-state index in [0.29, 0.717) is 22.6 Å². The van der Waals surface area contributed by atoms with Gasteiger partial charge in [-0.2, -0.15) is 5.26 Å². The van der Waals surface area contributed by atoms with Crippen LogP contribution in [0.2, 0.25) is 0 Å². The summed E-state index contributed by atoms with van der Waals surface area (Å²) in [7, 11) is -3.65. The maximum atomic E-state index is 12.3. The van der Waals surface area contributed by atoms with Gasteiger partial charge in [-0.15, -0.1) is 0 Å². The topological polar surface area (TPSA) is 96.0 Å². The van der Waals surface area contributed by atoms with Crippen LogP contribution in [0.1, 0.15) is 28.1 Å². The highest BCUT2D eigenvalue weighted by molar-refractivity contribution is 7.89. The Morgan fingerprint density at radius 2 is 2.05 bits per heavy atom. The molecule has 0 atom stereocenters. The SMILES string of the molecule is Cc1cc(S(=O)(=O)NCc2c(C)noc2C)ccc1C#N. The normalized spacial score (nSPS) is 11.3. The molecule has 0 saturated carbocycles. The zero-order chi connectivity index (χ0) is 15.6. The van der Waals surface area contributed by atoms with Gasteiger partial charge in [0, 0.05) is 12.1 Å². The summed E-state index contributed by atoms with van der Waals surface area (Å²) in [6, 6.07) is 6.41. The van der Waals surface area contributed by atoms with Crippen molar-refractivity contribution in [2.75, 3.05) is 0 Å². The van der Waals surface area contributed by atoms with E-state index in [0.717, 1.165) is 5.56 Å². The van der Waals surface area contributed by atoms with Crippen molar-refractivity contribution in [3.63, 3.8) is 0 Å². The third-order valence-corrected chi connectivity index (χ3v) is 4.65. The van der Waals surface area contributed by atoms with E-state index < -0.39 is 10.0 Å². The number of rotatable bonds is 4. The Hall–Kier alpha value is -2.17. The van der Waals surface area contributed by atoms with Crippen LogP contribution in [0.15, 0.2) is 27.6 Å². The number of benzene rings is 1. The first kappa shape index (κ1) is 15.2. The maximum absolute atomic E-state index is 12.3. The third kappa shape index (κ3) is 3.12. The molecule has 1 heterocycles. The molecule has 2 rings (SSSR count). The molecule has 110 valence electrons. The molecule has 7 heteroatoms. The smallest absolute Gasteiger partial charge is 0.240 e. The lowest BCUT2D eigenvalue weighted by Gasteiger charge is -2.08. The number of nitrogens with zero attached hydrogens (tertiary/aromatic N) is 2. The molecule has 21 heavy (non-hydrogen) atoms. The van der Waals surface area contributed by atoms with Gasteiger partial charge in [0.1, 0.15) is 5.76 Å². The minimum absolute atomic E-state index is 0.114. The fourth-order valence-electron chi connectivity index (χ4n) is 1.93. The number of aromatic nitrogens is 1. The van der Waals surface area contributed by atoms with Crippen molar-refractivity contribution >= 4 is 10.0 Å². The second-order valence-electron chi connectivity index (χ2n) is 4.72. The van der Waals surface area contributed by atoms with E-state index in [1.165, 1.54) is 18.2 Å². The quantitative estimate of drug-likeness (QED) is 0.931. The lowest BCUT2D eigenvalue weighted by Crippen LogP contribution is -2.23. The van der Waals surface area contributed by atoms with E-state index in [9.17, 15) is 8.42 Å². The minimum Gasteiger partial charge on any atom is -0.361 e. The molecule has 0 bridgehead atoms. The maximum Gasteiger partial charge on any atom is 0.240 e. The third-order valence-electron chi connectivity index (χ3n) is 3.25. The van der Waals surface area contributed by atoms with Gasteiger partial charge in [0.2, 0.25) is 10.0 Å². The van der Waals surface area contributed by atoms with Crippen LogP contribution < -0.4 is 4.72 Å². The molecule has 0 unspecified atom stereocenters. The molecule has 1 N–H and O–H groups in total. The van der Waals surface area contributed by atoms with Crippen LogP contribution in [0.25, 0.3) is 0 Å². The van der Waals surface area contributed by atoms with E-state index in [1.807, 2.05) is 6.07 Å². The van der Waals surface area contributed by atoms with Gasteiger partial charge in [0.15, 0.2) is 0 Å². The van der Waals surface area contributed by atoms with Gasteiger partial charge in [0.05, 0.1) is 22.2 Å². The molecule has 1 aromatic heterocycles. The molecule has 0 aliphatic rings. The zero-order valence-corrected chi connectivity index (χ0v) is 12.8. The summed E-state index contributed by atoms with van der Waals surface area (Å²) < 4.78 is 32.0. The summed E-state index contributed by atoms with van der Waals surface area (Å²) in [6.07, 6.45) is 0. The molecule has 0 aliphatic heterocycles. The van der Waals surface area contributed by atoms with Crippen molar-refractivity contribution in [3.8, 4) is 6.07 Å². The molecule has 0 aliphatic carbocycles. The number of hydrogen-bond acceptors (Lipinski definition) is 5. The monoisotopic (exact) mass is 305 g/mol. The number of sulfonamides is 1. The number of nitriles is 1. The summed E-state index contributed by atoms with van der Waals surface area (Å²) in [5.74, 6) is 0.589. The molecular formula is C14H15N3O3S. The fraction of sp³-hybridized carbons (Fsp3) is 0.286. The second-order valence-corrected chi connectivity index (χ2v) is 6.48. The van der Waals surface area contributed by atoms with Gasteiger partial charge < -0.3 is 4.52 Å². The number of nitrogens with one attached hydrogen (secondary N) is 1. The van der Waals surface area contributed by atoms with Crippen molar-refractivity contribution < 1.29 is 12.9 Å². The van der Waals surface area contributed by atoms with Crippen LogP contribution in [0.4, 0.5) is 0 Å². The van der Waals surface area contributed by atoms with E-state index in [-0.39, 0.29) is 11.4 Å². The van der Waals surface area contributed by atoms with Gasteiger partial charge in [-0.05, 0) is 44.5 Å². The van der Waals surface area contributed by atoms with E-state index in [4.69, 9.17) is 9.78 Å². The summed E-state index contributed by atoms with van der Waals surface area (Å²) >= 11 is 0. The summed E-state index contributed by atoms with van der Waals surface area (Å²) in [6.45, 7) is 5.30. The molecule has 6 nitrogen and oxygen atoms in total. The first-order valence-corrected chi connectivity index (χ1v) is 7.75. The fourth-order valence-corrected chi connectivity index (χ4v) is 3.01. The standard InChI is InChI=1S/C14H15N3O3S/c1-9-6-13(5-4-12(9)7-15)21(18,19)16-8-14-10(2)17-20-11(14)3/h4-6,16H,8H2,1-3H3. The second kappa shape index (κ2) is 5.68. The van der Waals surface area contributed by atoms with Gasteiger partial charge in [-0.1, -0.05) is 5.16 Å². The van der Waals surface area contributed by atoms with Crippen LogP contribution >= 0.6 is 0 Å². The van der Waals surface area contributed by atoms with Crippen LogP contribution in [0.5, 0.6) is 0 Å². The van der Waals surface area contributed by atoms with E-state index >= 15 is 0 Å². The largest absolute Gasteiger partial charge is 0.361 e.